The number of hydrogen-bond donors (Lipinski definition) is 1. The molecule has 0 fully saturated rings. The van der Waals surface area contributed by atoms with Crippen molar-refractivity contribution in [1.82, 2.24) is 5.32 Å². The van der Waals surface area contributed by atoms with Gasteiger partial charge in [-0.25, -0.2) is 0 Å². The lowest BCUT2D eigenvalue weighted by Crippen LogP contribution is -2.33. The minimum atomic E-state index is 0.563. The molecule has 0 amide bonds. The first-order chi connectivity index (χ1) is 9.33. The fourth-order valence-electron chi connectivity index (χ4n) is 2.99. The molecule has 2 unspecified atom stereocenters. The molecule has 19 heavy (non-hydrogen) atoms. The molecule has 0 spiro atoms. The van der Waals surface area contributed by atoms with Gasteiger partial charge in [-0.15, -0.1) is 0 Å². The van der Waals surface area contributed by atoms with Gasteiger partial charge >= 0.3 is 0 Å². The summed E-state index contributed by atoms with van der Waals surface area (Å²) >= 11 is 0. The molecule has 1 N–H and O–H groups in total. The van der Waals surface area contributed by atoms with Gasteiger partial charge < -0.3 is 5.32 Å². The van der Waals surface area contributed by atoms with Gasteiger partial charge in [0.25, 0.3) is 0 Å². The summed E-state index contributed by atoms with van der Waals surface area (Å²) in [5.74, 6) is 0.672. The average Bonchev–Trinajstić information content (AvgIpc) is 2.61. The van der Waals surface area contributed by atoms with E-state index < -0.39 is 0 Å². The highest BCUT2D eigenvalue weighted by atomic mass is 14.9. The SMILES string of the molecule is CC1NCc2ccccc2CC1Cc1ccccc1. The summed E-state index contributed by atoms with van der Waals surface area (Å²) in [5.41, 5.74) is 4.42. The van der Waals surface area contributed by atoms with Crippen molar-refractivity contribution in [3.05, 3.63) is 71.3 Å². The minimum absolute atomic E-state index is 0.563. The van der Waals surface area contributed by atoms with Crippen LogP contribution in [0, 0.1) is 5.92 Å². The molecule has 0 saturated heterocycles. The highest BCUT2D eigenvalue weighted by Gasteiger charge is 2.22. The monoisotopic (exact) mass is 251 g/mol. The van der Waals surface area contributed by atoms with E-state index in [2.05, 4.69) is 66.8 Å². The summed E-state index contributed by atoms with van der Waals surface area (Å²) in [5, 5.41) is 3.67. The molecule has 1 aliphatic heterocycles. The van der Waals surface area contributed by atoms with Crippen molar-refractivity contribution in [2.24, 2.45) is 5.92 Å². The van der Waals surface area contributed by atoms with Crippen molar-refractivity contribution in [3.63, 3.8) is 0 Å². The van der Waals surface area contributed by atoms with Crippen LogP contribution in [0.4, 0.5) is 0 Å². The van der Waals surface area contributed by atoms with Crippen LogP contribution in [0.1, 0.15) is 23.6 Å². The van der Waals surface area contributed by atoms with Crippen molar-refractivity contribution in [3.8, 4) is 0 Å². The van der Waals surface area contributed by atoms with Crippen molar-refractivity contribution in [1.29, 1.82) is 0 Å². The Hall–Kier alpha value is -1.60. The first kappa shape index (κ1) is 12.4. The Kier molecular flexibility index (Phi) is 3.65. The minimum Gasteiger partial charge on any atom is -0.310 e. The molecule has 0 aliphatic carbocycles. The van der Waals surface area contributed by atoms with E-state index in [1.165, 1.54) is 23.1 Å². The molecule has 3 rings (SSSR count). The Balaban J connectivity index is 1.81. The smallest absolute Gasteiger partial charge is 0.0210 e. The quantitative estimate of drug-likeness (QED) is 0.860. The van der Waals surface area contributed by atoms with Crippen LogP contribution in [0.25, 0.3) is 0 Å². The Morgan fingerprint density at radius 3 is 2.42 bits per heavy atom. The fourth-order valence-corrected chi connectivity index (χ4v) is 2.99. The normalized spacial score (nSPS) is 22.6. The first-order valence-electron chi connectivity index (χ1n) is 7.17. The molecule has 0 saturated carbocycles. The molecule has 2 aromatic carbocycles. The van der Waals surface area contributed by atoms with Crippen LogP contribution in [0.15, 0.2) is 54.6 Å². The maximum Gasteiger partial charge on any atom is 0.0210 e. The van der Waals surface area contributed by atoms with E-state index in [0.29, 0.717) is 12.0 Å². The van der Waals surface area contributed by atoms with Crippen LogP contribution < -0.4 is 5.32 Å². The second-order valence-corrected chi connectivity index (χ2v) is 5.59. The number of hydrogen-bond acceptors (Lipinski definition) is 1. The van der Waals surface area contributed by atoms with Crippen molar-refractivity contribution in [2.75, 3.05) is 0 Å². The van der Waals surface area contributed by atoms with Gasteiger partial charge in [-0.2, -0.15) is 0 Å². The lowest BCUT2D eigenvalue weighted by molar-refractivity contribution is 0.382. The molecule has 0 aromatic heterocycles. The molecule has 1 heterocycles. The Labute approximate surface area is 115 Å². The van der Waals surface area contributed by atoms with Crippen LogP contribution in [-0.4, -0.2) is 6.04 Å². The van der Waals surface area contributed by atoms with Crippen molar-refractivity contribution in [2.45, 2.75) is 32.4 Å². The van der Waals surface area contributed by atoms with Crippen LogP contribution in [0.2, 0.25) is 0 Å². The van der Waals surface area contributed by atoms with Gasteiger partial charge in [0, 0.05) is 12.6 Å². The molecule has 98 valence electrons. The highest BCUT2D eigenvalue weighted by molar-refractivity contribution is 5.29. The summed E-state index contributed by atoms with van der Waals surface area (Å²) in [6.07, 6.45) is 2.34. The number of rotatable bonds is 2. The van der Waals surface area contributed by atoms with Crippen LogP contribution in [0.3, 0.4) is 0 Å². The molecule has 1 nitrogen and oxygen atoms in total. The highest BCUT2D eigenvalue weighted by Crippen LogP contribution is 2.23. The average molecular weight is 251 g/mol. The molecule has 0 bridgehead atoms. The molecular formula is C18H21N. The lowest BCUT2D eigenvalue weighted by atomic mass is 9.87. The number of fused-ring (bicyclic) bond motifs is 1. The number of benzene rings is 2. The summed E-state index contributed by atoms with van der Waals surface area (Å²) < 4.78 is 0. The topological polar surface area (TPSA) is 12.0 Å². The Morgan fingerprint density at radius 1 is 0.947 bits per heavy atom. The molecule has 1 aliphatic rings. The van der Waals surface area contributed by atoms with Gasteiger partial charge in [-0.1, -0.05) is 54.6 Å². The lowest BCUT2D eigenvalue weighted by Gasteiger charge is -2.22. The van der Waals surface area contributed by atoms with Crippen molar-refractivity contribution >= 4 is 0 Å². The van der Waals surface area contributed by atoms with Crippen LogP contribution >= 0.6 is 0 Å². The Morgan fingerprint density at radius 2 is 1.63 bits per heavy atom. The zero-order valence-corrected chi connectivity index (χ0v) is 11.5. The van der Waals surface area contributed by atoms with E-state index in [4.69, 9.17) is 0 Å². The van der Waals surface area contributed by atoms with Crippen LogP contribution in [-0.2, 0) is 19.4 Å². The fraction of sp³-hybridized carbons (Fsp3) is 0.333. The molecule has 1 heteroatoms. The standard InChI is InChI=1S/C18H21N/c1-14-18(11-15-7-3-2-4-8-15)12-16-9-5-6-10-17(16)13-19-14/h2-10,14,18-19H,11-13H2,1H3. The first-order valence-corrected chi connectivity index (χ1v) is 7.17. The zero-order chi connectivity index (χ0) is 13.1. The zero-order valence-electron chi connectivity index (χ0n) is 11.5. The van der Waals surface area contributed by atoms with Gasteiger partial charge in [0.05, 0.1) is 0 Å². The Bertz CT molecular complexity index is 532. The predicted molar refractivity (Wildman–Crippen MR) is 80.1 cm³/mol. The predicted octanol–water partition coefficient (Wildman–Crippen LogP) is 3.58. The second-order valence-electron chi connectivity index (χ2n) is 5.59. The van der Waals surface area contributed by atoms with Gasteiger partial charge in [0.1, 0.15) is 0 Å². The third kappa shape index (κ3) is 2.87. The van der Waals surface area contributed by atoms with Crippen LogP contribution in [0.5, 0.6) is 0 Å². The second kappa shape index (κ2) is 5.58. The van der Waals surface area contributed by atoms with E-state index in [1.54, 1.807) is 0 Å². The molecule has 2 aromatic rings. The van der Waals surface area contributed by atoms with E-state index >= 15 is 0 Å². The van der Waals surface area contributed by atoms with E-state index in [0.717, 1.165) is 13.0 Å². The summed E-state index contributed by atoms with van der Waals surface area (Å²) in [7, 11) is 0. The summed E-state index contributed by atoms with van der Waals surface area (Å²) in [6.45, 7) is 3.32. The van der Waals surface area contributed by atoms with E-state index in [1.807, 2.05) is 0 Å². The molecule has 2 atom stereocenters. The van der Waals surface area contributed by atoms with E-state index in [9.17, 15) is 0 Å². The molecular weight excluding hydrogens is 230 g/mol. The van der Waals surface area contributed by atoms with E-state index in [-0.39, 0.29) is 0 Å². The maximum absolute atomic E-state index is 3.67. The van der Waals surface area contributed by atoms with Gasteiger partial charge in [0.15, 0.2) is 0 Å². The maximum atomic E-state index is 3.67. The molecule has 0 radical (unpaired) electrons. The van der Waals surface area contributed by atoms with Crippen molar-refractivity contribution < 1.29 is 0 Å². The summed E-state index contributed by atoms with van der Waals surface area (Å²) in [6, 6.07) is 20.2. The third-order valence-corrected chi connectivity index (χ3v) is 4.26. The number of nitrogens with one attached hydrogen (secondary N) is 1. The van der Waals surface area contributed by atoms with Gasteiger partial charge in [-0.3, -0.25) is 0 Å². The van der Waals surface area contributed by atoms with Gasteiger partial charge in [-0.05, 0) is 42.4 Å². The summed E-state index contributed by atoms with van der Waals surface area (Å²) in [4.78, 5) is 0. The largest absolute Gasteiger partial charge is 0.310 e. The van der Waals surface area contributed by atoms with Gasteiger partial charge in [0.2, 0.25) is 0 Å². The third-order valence-electron chi connectivity index (χ3n) is 4.26.